The van der Waals surface area contributed by atoms with Gasteiger partial charge in [0, 0.05) is 15.7 Å². The number of halogens is 1. The van der Waals surface area contributed by atoms with Crippen LogP contribution in [0.3, 0.4) is 0 Å². The second kappa shape index (κ2) is 7.01. The molecular weight excluding hydrogens is 368 g/mol. The third-order valence-electron chi connectivity index (χ3n) is 3.83. The van der Waals surface area contributed by atoms with Crippen molar-refractivity contribution >= 4 is 27.5 Å². The molecule has 0 saturated heterocycles. The molecule has 0 aliphatic carbocycles. The molecule has 1 amide bonds. The fourth-order valence-corrected chi connectivity index (χ4v) is 2.73. The van der Waals surface area contributed by atoms with E-state index in [1.807, 2.05) is 48.5 Å². The Balaban J connectivity index is 1.89. The van der Waals surface area contributed by atoms with Gasteiger partial charge in [0.15, 0.2) is 0 Å². The zero-order valence-corrected chi connectivity index (χ0v) is 15.1. The summed E-state index contributed by atoms with van der Waals surface area (Å²) in [6, 6.07) is 15.4. The highest BCUT2D eigenvalue weighted by atomic mass is 79.9. The number of nitrogens with zero attached hydrogens (tertiary/aromatic N) is 1. The topological polar surface area (TPSA) is 55.1 Å². The van der Waals surface area contributed by atoms with Crippen molar-refractivity contribution in [1.82, 2.24) is 5.16 Å². The van der Waals surface area contributed by atoms with Gasteiger partial charge in [-0.05, 0) is 43.2 Å². The summed E-state index contributed by atoms with van der Waals surface area (Å²) in [4.78, 5) is 12.7. The van der Waals surface area contributed by atoms with Gasteiger partial charge in [-0.3, -0.25) is 4.79 Å². The predicted molar refractivity (Wildman–Crippen MR) is 98.1 cm³/mol. The SMILES string of the molecule is CCc1ccc(NC(=O)c2c(-c3ccc(Br)cc3)noc2C)cc1. The molecule has 0 saturated carbocycles. The first-order valence-electron chi connectivity index (χ1n) is 7.71. The molecule has 2 aromatic carbocycles. The van der Waals surface area contributed by atoms with Crippen LogP contribution in [0.15, 0.2) is 57.5 Å². The first kappa shape index (κ1) is 16.5. The molecule has 0 fully saturated rings. The number of carbonyl (C=O) groups is 1. The van der Waals surface area contributed by atoms with E-state index in [0.29, 0.717) is 17.0 Å². The average molecular weight is 385 g/mol. The van der Waals surface area contributed by atoms with Crippen LogP contribution in [0.4, 0.5) is 5.69 Å². The highest BCUT2D eigenvalue weighted by Crippen LogP contribution is 2.27. The zero-order valence-electron chi connectivity index (χ0n) is 13.5. The number of anilines is 1. The normalized spacial score (nSPS) is 10.6. The summed E-state index contributed by atoms with van der Waals surface area (Å²) in [6.45, 7) is 3.84. The third-order valence-corrected chi connectivity index (χ3v) is 4.36. The highest BCUT2D eigenvalue weighted by Gasteiger charge is 2.21. The van der Waals surface area contributed by atoms with Crippen molar-refractivity contribution in [3.05, 3.63) is 69.9 Å². The Hall–Kier alpha value is -2.40. The fraction of sp³-hybridized carbons (Fsp3) is 0.158. The van der Waals surface area contributed by atoms with Crippen LogP contribution in [-0.4, -0.2) is 11.1 Å². The van der Waals surface area contributed by atoms with E-state index in [1.54, 1.807) is 6.92 Å². The van der Waals surface area contributed by atoms with Crippen LogP contribution in [0.5, 0.6) is 0 Å². The van der Waals surface area contributed by atoms with Crippen molar-refractivity contribution in [1.29, 1.82) is 0 Å². The Bertz CT molecular complexity index is 852. The second-order valence-corrected chi connectivity index (χ2v) is 6.39. The minimum Gasteiger partial charge on any atom is -0.360 e. The number of benzene rings is 2. The Morgan fingerprint density at radius 1 is 1.12 bits per heavy atom. The molecule has 0 unspecified atom stereocenters. The molecule has 5 heteroatoms. The van der Waals surface area contributed by atoms with E-state index in [9.17, 15) is 4.79 Å². The molecule has 1 aromatic heterocycles. The molecule has 122 valence electrons. The smallest absolute Gasteiger partial charge is 0.261 e. The molecule has 1 heterocycles. The average Bonchev–Trinajstić information content (AvgIpc) is 2.98. The van der Waals surface area contributed by atoms with Crippen molar-refractivity contribution in [3.63, 3.8) is 0 Å². The number of hydrogen-bond acceptors (Lipinski definition) is 3. The van der Waals surface area contributed by atoms with E-state index in [2.05, 4.69) is 33.3 Å². The van der Waals surface area contributed by atoms with Crippen LogP contribution in [0.1, 0.15) is 28.6 Å². The van der Waals surface area contributed by atoms with Crippen LogP contribution >= 0.6 is 15.9 Å². The molecular formula is C19H17BrN2O2. The quantitative estimate of drug-likeness (QED) is 0.669. The van der Waals surface area contributed by atoms with E-state index in [-0.39, 0.29) is 5.91 Å². The van der Waals surface area contributed by atoms with Crippen molar-refractivity contribution in [2.24, 2.45) is 0 Å². The summed E-state index contributed by atoms with van der Waals surface area (Å²) < 4.78 is 6.22. The van der Waals surface area contributed by atoms with Gasteiger partial charge >= 0.3 is 0 Å². The molecule has 0 radical (unpaired) electrons. The maximum Gasteiger partial charge on any atom is 0.261 e. The third kappa shape index (κ3) is 3.41. The minimum atomic E-state index is -0.226. The molecule has 24 heavy (non-hydrogen) atoms. The lowest BCUT2D eigenvalue weighted by Crippen LogP contribution is -2.13. The number of amides is 1. The van der Waals surface area contributed by atoms with E-state index in [0.717, 1.165) is 22.1 Å². The van der Waals surface area contributed by atoms with Gasteiger partial charge in [-0.1, -0.05) is 52.3 Å². The number of nitrogens with one attached hydrogen (secondary N) is 1. The lowest BCUT2D eigenvalue weighted by Gasteiger charge is -2.07. The summed E-state index contributed by atoms with van der Waals surface area (Å²) in [5, 5.41) is 6.96. The van der Waals surface area contributed by atoms with Crippen LogP contribution in [0.25, 0.3) is 11.3 Å². The number of hydrogen-bond donors (Lipinski definition) is 1. The summed E-state index contributed by atoms with van der Waals surface area (Å²) >= 11 is 3.40. The minimum absolute atomic E-state index is 0.226. The van der Waals surface area contributed by atoms with Gasteiger partial charge < -0.3 is 9.84 Å². The van der Waals surface area contributed by atoms with E-state index in [4.69, 9.17) is 4.52 Å². The predicted octanol–water partition coefficient (Wildman–Crippen LogP) is 5.23. The van der Waals surface area contributed by atoms with Gasteiger partial charge in [-0.25, -0.2) is 0 Å². The Morgan fingerprint density at radius 3 is 2.42 bits per heavy atom. The lowest BCUT2D eigenvalue weighted by molar-refractivity contribution is 0.102. The molecule has 3 aromatic rings. The summed E-state index contributed by atoms with van der Waals surface area (Å²) in [6.07, 6.45) is 0.965. The molecule has 0 aliphatic rings. The molecule has 3 rings (SSSR count). The fourth-order valence-electron chi connectivity index (χ4n) is 2.46. The van der Waals surface area contributed by atoms with Gasteiger partial charge in [-0.15, -0.1) is 0 Å². The van der Waals surface area contributed by atoms with Crippen molar-refractivity contribution in [2.75, 3.05) is 5.32 Å². The molecule has 0 spiro atoms. The van der Waals surface area contributed by atoms with Crippen LogP contribution in [0.2, 0.25) is 0 Å². The number of rotatable bonds is 4. The number of carbonyl (C=O) groups excluding carboxylic acids is 1. The van der Waals surface area contributed by atoms with Gasteiger partial charge in [0.2, 0.25) is 0 Å². The maximum atomic E-state index is 12.7. The second-order valence-electron chi connectivity index (χ2n) is 5.47. The van der Waals surface area contributed by atoms with E-state index >= 15 is 0 Å². The highest BCUT2D eigenvalue weighted by molar-refractivity contribution is 9.10. The maximum absolute atomic E-state index is 12.7. The van der Waals surface area contributed by atoms with Crippen molar-refractivity contribution < 1.29 is 9.32 Å². The largest absolute Gasteiger partial charge is 0.360 e. The van der Waals surface area contributed by atoms with E-state index in [1.165, 1.54) is 5.56 Å². The lowest BCUT2D eigenvalue weighted by atomic mass is 10.1. The summed E-state index contributed by atoms with van der Waals surface area (Å²) in [5.74, 6) is 0.270. The van der Waals surface area contributed by atoms with Crippen molar-refractivity contribution in [3.8, 4) is 11.3 Å². The molecule has 0 aliphatic heterocycles. The van der Waals surface area contributed by atoms with Gasteiger partial charge in [-0.2, -0.15) is 0 Å². The van der Waals surface area contributed by atoms with Crippen LogP contribution in [-0.2, 0) is 6.42 Å². The Morgan fingerprint density at radius 2 is 1.79 bits per heavy atom. The van der Waals surface area contributed by atoms with Gasteiger partial charge in [0.1, 0.15) is 17.0 Å². The molecule has 0 atom stereocenters. The summed E-state index contributed by atoms with van der Waals surface area (Å²) in [5.41, 5.74) is 3.81. The monoisotopic (exact) mass is 384 g/mol. The number of aryl methyl sites for hydroxylation is 2. The first-order chi connectivity index (χ1) is 11.6. The Labute approximate surface area is 149 Å². The van der Waals surface area contributed by atoms with Gasteiger partial charge in [0.25, 0.3) is 5.91 Å². The Kier molecular flexibility index (Phi) is 4.81. The van der Waals surface area contributed by atoms with Crippen LogP contribution < -0.4 is 5.32 Å². The number of aromatic nitrogens is 1. The van der Waals surface area contributed by atoms with Crippen LogP contribution in [0, 0.1) is 6.92 Å². The summed E-state index contributed by atoms with van der Waals surface area (Å²) in [7, 11) is 0. The molecule has 0 bridgehead atoms. The molecule has 1 N–H and O–H groups in total. The van der Waals surface area contributed by atoms with E-state index < -0.39 is 0 Å². The van der Waals surface area contributed by atoms with Crippen molar-refractivity contribution in [2.45, 2.75) is 20.3 Å². The van der Waals surface area contributed by atoms with Gasteiger partial charge in [0.05, 0.1) is 0 Å². The molecule has 4 nitrogen and oxygen atoms in total. The zero-order chi connectivity index (χ0) is 17.1. The standard InChI is InChI=1S/C19H17BrN2O2/c1-3-13-4-10-16(11-5-13)21-19(23)17-12(2)24-22-18(17)14-6-8-15(20)9-7-14/h4-11H,3H2,1-2H3,(H,21,23). The first-order valence-corrected chi connectivity index (χ1v) is 8.50.